The second-order valence-corrected chi connectivity index (χ2v) is 3.34. The van der Waals surface area contributed by atoms with Gasteiger partial charge in [-0.3, -0.25) is 4.79 Å². The SMILES string of the molecule is CN(C)/C=C(\C=O)C1CCC1. The van der Waals surface area contributed by atoms with Crippen LogP contribution in [0.1, 0.15) is 19.3 Å². The summed E-state index contributed by atoms with van der Waals surface area (Å²) in [6.07, 6.45) is 6.58. The number of aldehydes is 1. The molecule has 0 atom stereocenters. The zero-order valence-electron chi connectivity index (χ0n) is 7.21. The van der Waals surface area contributed by atoms with Crippen LogP contribution < -0.4 is 0 Å². The van der Waals surface area contributed by atoms with Crippen molar-refractivity contribution in [2.75, 3.05) is 14.1 Å². The van der Waals surface area contributed by atoms with Gasteiger partial charge in [0.15, 0.2) is 0 Å². The maximum atomic E-state index is 10.6. The molecule has 0 heterocycles. The van der Waals surface area contributed by atoms with Crippen LogP contribution in [0.25, 0.3) is 0 Å². The highest BCUT2D eigenvalue weighted by atomic mass is 16.1. The Morgan fingerprint density at radius 2 is 2.09 bits per heavy atom. The van der Waals surface area contributed by atoms with Gasteiger partial charge >= 0.3 is 0 Å². The summed E-state index contributed by atoms with van der Waals surface area (Å²) in [5, 5.41) is 0. The largest absolute Gasteiger partial charge is 0.383 e. The molecule has 1 aliphatic rings. The fraction of sp³-hybridized carbons (Fsp3) is 0.667. The van der Waals surface area contributed by atoms with E-state index in [0.717, 1.165) is 11.9 Å². The average Bonchev–Trinajstić information content (AvgIpc) is 1.81. The van der Waals surface area contributed by atoms with Crippen LogP contribution in [0.4, 0.5) is 0 Å². The van der Waals surface area contributed by atoms with Gasteiger partial charge in [0.05, 0.1) is 0 Å². The van der Waals surface area contributed by atoms with Crippen molar-refractivity contribution in [1.82, 2.24) is 4.90 Å². The summed E-state index contributed by atoms with van der Waals surface area (Å²) in [6.45, 7) is 0. The standard InChI is InChI=1S/C9H15NO/c1-10(2)6-9(7-11)8-4-3-5-8/h6-8H,3-5H2,1-2H3/b9-6+. The Hall–Kier alpha value is -0.790. The Morgan fingerprint density at radius 3 is 2.36 bits per heavy atom. The lowest BCUT2D eigenvalue weighted by atomic mass is 9.80. The minimum absolute atomic E-state index is 0.551. The zero-order valence-corrected chi connectivity index (χ0v) is 7.21. The maximum Gasteiger partial charge on any atom is 0.147 e. The molecule has 62 valence electrons. The molecule has 0 aromatic heterocycles. The van der Waals surface area contributed by atoms with E-state index < -0.39 is 0 Å². The van der Waals surface area contributed by atoms with Gasteiger partial charge in [-0.1, -0.05) is 6.42 Å². The highest BCUT2D eigenvalue weighted by Gasteiger charge is 2.21. The van der Waals surface area contributed by atoms with Crippen LogP contribution in [0.3, 0.4) is 0 Å². The average molecular weight is 153 g/mol. The highest BCUT2D eigenvalue weighted by molar-refractivity contribution is 5.74. The molecule has 0 aliphatic heterocycles. The smallest absolute Gasteiger partial charge is 0.147 e. The van der Waals surface area contributed by atoms with Crippen molar-refractivity contribution in [2.45, 2.75) is 19.3 Å². The molecule has 0 spiro atoms. The van der Waals surface area contributed by atoms with E-state index in [-0.39, 0.29) is 0 Å². The van der Waals surface area contributed by atoms with Gasteiger partial charge in [-0.15, -0.1) is 0 Å². The van der Waals surface area contributed by atoms with Crippen molar-refractivity contribution in [3.8, 4) is 0 Å². The Kier molecular flexibility index (Phi) is 2.69. The third-order valence-electron chi connectivity index (χ3n) is 2.12. The van der Waals surface area contributed by atoms with Gasteiger partial charge < -0.3 is 4.90 Å². The number of allylic oxidation sites excluding steroid dienone is 1. The zero-order chi connectivity index (χ0) is 8.27. The van der Waals surface area contributed by atoms with E-state index >= 15 is 0 Å². The lowest BCUT2D eigenvalue weighted by Gasteiger charge is -2.26. The third kappa shape index (κ3) is 2.07. The lowest BCUT2D eigenvalue weighted by Crippen LogP contribution is -2.17. The Bertz CT molecular complexity index is 168. The van der Waals surface area contributed by atoms with Gasteiger partial charge in [0, 0.05) is 25.9 Å². The highest BCUT2D eigenvalue weighted by Crippen LogP contribution is 2.31. The molecule has 2 heteroatoms. The van der Waals surface area contributed by atoms with Gasteiger partial charge in [-0.25, -0.2) is 0 Å². The Labute approximate surface area is 67.9 Å². The maximum absolute atomic E-state index is 10.6. The van der Waals surface area contributed by atoms with E-state index in [1.54, 1.807) is 0 Å². The first kappa shape index (κ1) is 8.31. The molecule has 0 aromatic rings. The van der Waals surface area contributed by atoms with Crippen molar-refractivity contribution < 1.29 is 4.79 Å². The second kappa shape index (κ2) is 3.56. The molecule has 2 nitrogen and oxygen atoms in total. The number of rotatable bonds is 3. The quantitative estimate of drug-likeness (QED) is 0.451. The van der Waals surface area contributed by atoms with Crippen molar-refractivity contribution in [3.05, 3.63) is 11.8 Å². The molecule has 1 aliphatic carbocycles. The summed E-state index contributed by atoms with van der Waals surface area (Å²) >= 11 is 0. The van der Waals surface area contributed by atoms with Crippen LogP contribution >= 0.6 is 0 Å². The van der Waals surface area contributed by atoms with Crippen molar-refractivity contribution in [2.24, 2.45) is 5.92 Å². The van der Waals surface area contributed by atoms with E-state index in [1.807, 2.05) is 25.2 Å². The first-order valence-electron chi connectivity index (χ1n) is 4.07. The minimum Gasteiger partial charge on any atom is -0.383 e. The van der Waals surface area contributed by atoms with Gasteiger partial charge in [-0.05, 0) is 18.8 Å². The molecule has 11 heavy (non-hydrogen) atoms. The minimum atomic E-state index is 0.551. The van der Waals surface area contributed by atoms with E-state index in [2.05, 4.69) is 0 Å². The number of nitrogens with zero attached hydrogens (tertiary/aromatic N) is 1. The molecular formula is C9H15NO. The van der Waals surface area contributed by atoms with Crippen LogP contribution in [0.15, 0.2) is 11.8 Å². The summed E-state index contributed by atoms with van der Waals surface area (Å²) in [7, 11) is 3.89. The second-order valence-electron chi connectivity index (χ2n) is 3.34. The Balaban J connectivity index is 2.53. The molecule has 0 aromatic carbocycles. The molecule has 1 saturated carbocycles. The number of carbonyl (C=O) groups excluding carboxylic acids is 1. The van der Waals surface area contributed by atoms with Gasteiger partial charge in [0.1, 0.15) is 6.29 Å². The van der Waals surface area contributed by atoms with E-state index in [0.29, 0.717) is 5.92 Å². The Morgan fingerprint density at radius 1 is 1.45 bits per heavy atom. The fourth-order valence-corrected chi connectivity index (χ4v) is 1.27. The monoisotopic (exact) mass is 153 g/mol. The summed E-state index contributed by atoms with van der Waals surface area (Å²) in [5.74, 6) is 0.551. The first-order valence-corrected chi connectivity index (χ1v) is 4.07. The summed E-state index contributed by atoms with van der Waals surface area (Å²) in [5.41, 5.74) is 0.959. The summed E-state index contributed by atoms with van der Waals surface area (Å²) < 4.78 is 0. The molecule has 0 bridgehead atoms. The molecule has 1 rings (SSSR count). The summed E-state index contributed by atoms with van der Waals surface area (Å²) in [4.78, 5) is 12.5. The van der Waals surface area contributed by atoms with Crippen LogP contribution in [-0.4, -0.2) is 25.3 Å². The van der Waals surface area contributed by atoms with E-state index in [9.17, 15) is 4.79 Å². The van der Waals surface area contributed by atoms with E-state index in [4.69, 9.17) is 0 Å². The number of carbonyl (C=O) groups is 1. The van der Waals surface area contributed by atoms with E-state index in [1.165, 1.54) is 19.3 Å². The molecule has 0 saturated heterocycles. The summed E-state index contributed by atoms with van der Waals surface area (Å²) in [6, 6.07) is 0. The molecule has 0 amide bonds. The lowest BCUT2D eigenvalue weighted by molar-refractivity contribution is -0.105. The van der Waals surface area contributed by atoms with Crippen molar-refractivity contribution in [1.29, 1.82) is 0 Å². The van der Waals surface area contributed by atoms with Crippen molar-refractivity contribution >= 4 is 6.29 Å². The topological polar surface area (TPSA) is 20.3 Å². The normalized spacial score (nSPS) is 19.3. The first-order chi connectivity index (χ1) is 5.24. The number of hydrogen-bond acceptors (Lipinski definition) is 2. The van der Waals surface area contributed by atoms with Crippen LogP contribution in [0.2, 0.25) is 0 Å². The van der Waals surface area contributed by atoms with Gasteiger partial charge in [0.2, 0.25) is 0 Å². The predicted octanol–water partition coefficient (Wildman–Crippen LogP) is 1.43. The fourth-order valence-electron chi connectivity index (χ4n) is 1.27. The third-order valence-corrected chi connectivity index (χ3v) is 2.12. The number of hydrogen-bond donors (Lipinski definition) is 0. The van der Waals surface area contributed by atoms with Gasteiger partial charge in [-0.2, -0.15) is 0 Å². The molecule has 0 radical (unpaired) electrons. The van der Waals surface area contributed by atoms with Crippen LogP contribution in [-0.2, 0) is 4.79 Å². The van der Waals surface area contributed by atoms with Gasteiger partial charge in [0.25, 0.3) is 0 Å². The van der Waals surface area contributed by atoms with Crippen LogP contribution in [0, 0.1) is 5.92 Å². The van der Waals surface area contributed by atoms with Crippen molar-refractivity contribution in [3.63, 3.8) is 0 Å². The predicted molar refractivity (Wildman–Crippen MR) is 45.2 cm³/mol. The van der Waals surface area contributed by atoms with Crippen LogP contribution in [0.5, 0.6) is 0 Å². The molecular weight excluding hydrogens is 138 g/mol. The molecule has 0 unspecified atom stereocenters. The molecule has 1 fully saturated rings. The molecule has 0 N–H and O–H groups in total.